The summed E-state index contributed by atoms with van der Waals surface area (Å²) in [6.45, 7) is 4.14. The third kappa shape index (κ3) is 4.80. The van der Waals surface area contributed by atoms with Gasteiger partial charge in [0.1, 0.15) is 40.1 Å². The molecule has 0 aliphatic carbocycles. The maximum Gasteiger partial charge on any atom is 0.237 e. The first-order valence-electron chi connectivity index (χ1n) is 9.36. The highest BCUT2D eigenvalue weighted by atomic mass is 32.2. The third-order valence-electron chi connectivity index (χ3n) is 4.27. The zero-order chi connectivity index (χ0) is 22.4. The normalized spacial score (nSPS) is 11.2. The molecule has 0 spiro atoms. The second kappa shape index (κ2) is 9.70. The van der Waals surface area contributed by atoms with Crippen LogP contribution in [0.2, 0.25) is 0 Å². The molecule has 1 aromatic carbocycles. The molecular weight excluding hydrogens is 414 g/mol. The number of furan rings is 1. The van der Waals surface area contributed by atoms with Crippen molar-refractivity contribution in [3.05, 3.63) is 53.8 Å². The lowest BCUT2D eigenvalue weighted by atomic mass is 10.0. The van der Waals surface area contributed by atoms with E-state index in [-0.39, 0.29) is 33.4 Å². The van der Waals surface area contributed by atoms with E-state index < -0.39 is 5.25 Å². The van der Waals surface area contributed by atoms with Crippen molar-refractivity contribution in [3.63, 3.8) is 0 Å². The molecule has 0 aliphatic heterocycles. The number of anilines is 2. The average Bonchev–Trinajstić information content (AvgIpc) is 3.29. The largest absolute Gasteiger partial charge is 0.494 e. The molecule has 0 radical (unpaired) electrons. The summed E-state index contributed by atoms with van der Waals surface area (Å²) in [6, 6.07) is 14.4. The molecule has 2 aromatic heterocycles. The molecule has 9 heteroatoms. The van der Waals surface area contributed by atoms with Crippen molar-refractivity contribution in [1.29, 1.82) is 10.5 Å². The first-order valence-corrected chi connectivity index (χ1v) is 10.2. The molecular formula is C22H19N5O3S. The number of pyridine rings is 1. The minimum absolute atomic E-state index is 0.0329. The van der Waals surface area contributed by atoms with Gasteiger partial charge >= 0.3 is 0 Å². The van der Waals surface area contributed by atoms with E-state index >= 15 is 0 Å². The third-order valence-corrected chi connectivity index (χ3v) is 5.36. The van der Waals surface area contributed by atoms with E-state index in [1.807, 2.05) is 13.0 Å². The first kappa shape index (κ1) is 21.8. The molecule has 0 saturated carbocycles. The molecule has 0 bridgehead atoms. The van der Waals surface area contributed by atoms with Gasteiger partial charge in [0.2, 0.25) is 5.91 Å². The lowest BCUT2D eigenvalue weighted by Gasteiger charge is -2.15. The van der Waals surface area contributed by atoms with Crippen LogP contribution in [0.25, 0.3) is 11.3 Å². The SMILES string of the molecule is CCOc1ccc(NC(=O)C(C)Sc2nc(N)c(C#N)c(-c3ccco3)c2C#N)cc1. The fourth-order valence-electron chi connectivity index (χ4n) is 2.82. The van der Waals surface area contributed by atoms with E-state index in [2.05, 4.69) is 16.4 Å². The lowest BCUT2D eigenvalue weighted by Crippen LogP contribution is -2.22. The molecule has 0 fully saturated rings. The zero-order valence-corrected chi connectivity index (χ0v) is 17.7. The van der Waals surface area contributed by atoms with Crippen LogP contribution in [0.5, 0.6) is 5.75 Å². The Morgan fingerprint density at radius 1 is 1.26 bits per heavy atom. The molecule has 1 amide bonds. The number of rotatable bonds is 7. The van der Waals surface area contributed by atoms with Crippen molar-refractivity contribution in [1.82, 2.24) is 4.98 Å². The minimum Gasteiger partial charge on any atom is -0.494 e. The molecule has 3 N–H and O–H groups in total. The number of thioether (sulfide) groups is 1. The van der Waals surface area contributed by atoms with E-state index in [0.717, 1.165) is 11.8 Å². The summed E-state index contributed by atoms with van der Waals surface area (Å²) in [7, 11) is 0. The number of hydrogen-bond acceptors (Lipinski definition) is 8. The number of nitrogens with one attached hydrogen (secondary N) is 1. The van der Waals surface area contributed by atoms with Crippen LogP contribution in [0, 0.1) is 22.7 Å². The van der Waals surface area contributed by atoms with Crippen LogP contribution in [0.4, 0.5) is 11.5 Å². The average molecular weight is 433 g/mol. The predicted octanol–water partition coefficient (Wildman–Crippen LogP) is 4.19. The number of nitriles is 2. The highest BCUT2D eigenvalue weighted by Gasteiger charge is 2.25. The van der Waals surface area contributed by atoms with E-state index in [1.165, 1.54) is 6.26 Å². The Labute approximate surface area is 183 Å². The molecule has 1 atom stereocenters. The van der Waals surface area contributed by atoms with Crippen molar-refractivity contribution < 1.29 is 13.9 Å². The van der Waals surface area contributed by atoms with Gasteiger partial charge in [-0.2, -0.15) is 10.5 Å². The number of nitrogens with zero attached hydrogens (tertiary/aromatic N) is 3. The van der Waals surface area contributed by atoms with Crippen LogP contribution in [0.3, 0.4) is 0 Å². The number of nitrogen functional groups attached to an aromatic ring is 1. The number of amides is 1. The van der Waals surface area contributed by atoms with E-state index in [0.29, 0.717) is 23.8 Å². The summed E-state index contributed by atoms with van der Waals surface area (Å²) in [5.41, 5.74) is 7.04. The highest BCUT2D eigenvalue weighted by molar-refractivity contribution is 8.00. The number of aromatic nitrogens is 1. The number of hydrogen-bond donors (Lipinski definition) is 2. The number of nitrogens with two attached hydrogens (primary N) is 1. The number of carbonyl (C=O) groups is 1. The standard InChI is InChI=1S/C22H19N5O3S/c1-3-29-15-8-6-14(7-9-15)26-21(28)13(2)31-22-17(12-24)19(18-5-4-10-30-18)16(11-23)20(25)27-22/h4-10,13H,3H2,1-2H3,(H2,25,27)(H,26,28). The summed E-state index contributed by atoms with van der Waals surface area (Å²) in [6.07, 6.45) is 1.44. The van der Waals surface area contributed by atoms with Gasteiger partial charge in [-0.25, -0.2) is 4.98 Å². The number of carbonyl (C=O) groups excluding carboxylic acids is 1. The van der Waals surface area contributed by atoms with E-state index in [9.17, 15) is 15.3 Å². The zero-order valence-electron chi connectivity index (χ0n) is 16.9. The first-order chi connectivity index (χ1) is 15.0. The second-order valence-electron chi connectivity index (χ2n) is 6.33. The second-order valence-corrected chi connectivity index (χ2v) is 7.66. The molecule has 2 heterocycles. The lowest BCUT2D eigenvalue weighted by molar-refractivity contribution is -0.115. The molecule has 0 aliphatic rings. The van der Waals surface area contributed by atoms with Gasteiger partial charge in [-0.05, 0) is 50.2 Å². The molecule has 0 saturated heterocycles. The van der Waals surface area contributed by atoms with Gasteiger partial charge in [0.15, 0.2) is 0 Å². The minimum atomic E-state index is -0.594. The highest BCUT2D eigenvalue weighted by Crippen LogP contribution is 2.37. The molecule has 8 nitrogen and oxygen atoms in total. The molecule has 156 valence electrons. The van der Waals surface area contributed by atoms with Gasteiger partial charge in [-0.1, -0.05) is 11.8 Å². The van der Waals surface area contributed by atoms with Gasteiger partial charge in [0, 0.05) is 5.69 Å². The Hall–Kier alpha value is -3.95. The summed E-state index contributed by atoms with van der Waals surface area (Å²) >= 11 is 1.08. The van der Waals surface area contributed by atoms with Crippen molar-refractivity contribution in [3.8, 4) is 29.2 Å². The van der Waals surface area contributed by atoms with Crippen molar-refractivity contribution in [2.45, 2.75) is 24.1 Å². The quantitative estimate of drug-likeness (QED) is 0.529. The van der Waals surface area contributed by atoms with Crippen molar-refractivity contribution in [2.24, 2.45) is 0 Å². The summed E-state index contributed by atoms with van der Waals surface area (Å²) < 4.78 is 10.8. The Morgan fingerprint density at radius 2 is 1.97 bits per heavy atom. The van der Waals surface area contributed by atoms with Gasteiger partial charge in [-0.3, -0.25) is 4.79 Å². The van der Waals surface area contributed by atoms with Crippen molar-refractivity contribution >= 4 is 29.2 Å². The van der Waals surface area contributed by atoms with Crippen LogP contribution in [0.15, 0.2) is 52.1 Å². The van der Waals surface area contributed by atoms with Crippen LogP contribution in [0.1, 0.15) is 25.0 Å². The topological polar surface area (TPSA) is 138 Å². The van der Waals surface area contributed by atoms with Crippen LogP contribution < -0.4 is 15.8 Å². The molecule has 31 heavy (non-hydrogen) atoms. The Bertz CT molecular complexity index is 1160. The van der Waals surface area contributed by atoms with Gasteiger partial charge in [0.05, 0.1) is 29.2 Å². The molecule has 1 unspecified atom stereocenters. The predicted molar refractivity (Wildman–Crippen MR) is 117 cm³/mol. The molecule has 3 rings (SSSR count). The monoisotopic (exact) mass is 433 g/mol. The summed E-state index contributed by atoms with van der Waals surface area (Å²) in [4.78, 5) is 16.9. The summed E-state index contributed by atoms with van der Waals surface area (Å²) in [5.74, 6) is 0.733. The fourth-order valence-corrected chi connectivity index (χ4v) is 3.73. The van der Waals surface area contributed by atoms with Crippen molar-refractivity contribution in [2.75, 3.05) is 17.7 Å². The Balaban J connectivity index is 1.85. The van der Waals surface area contributed by atoms with Crippen LogP contribution in [-0.4, -0.2) is 22.7 Å². The number of benzene rings is 1. The fraction of sp³-hybridized carbons (Fsp3) is 0.182. The van der Waals surface area contributed by atoms with Crippen LogP contribution >= 0.6 is 11.8 Å². The maximum atomic E-state index is 12.7. The molecule has 3 aromatic rings. The maximum absolute atomic E-state index is 12.7. The Morgan fingerprint density at radius 3 is 2.55 bits per heavy atom. The number of ether oxygens (including phenoxy) is 1. The summed E-state index contributed by atoms with van der Waals surface area (Å²) in [5, 5.41) is 21.7. The van der Waals surface area contributed by atoms with Crippen LogP contribution in [-0.2, 0) is 4.79 Å². The van der Waals surface area contributed by atoms with Gasteiger partial charge < -0.3 is 20.2 Å². The smallest absolute Gasteiger partial charge is 0.237 e. The van der Waals surface area contributed by atoms with E-state index in [1.54, 1.807) is 43.3 Å². The Kier molecular flexibility index (Phi) is 6.81. The van der Waals surface area contributed by atoms with Gasteiger partial charge in [-0.15, -0.1) is 0 Å². The van der Waals surface area contributed by atoms with Gasteiger partial charge in [0.25, 0.3) is 0 Å². The van der Waals surface area contributed by atoms with E-state index in [4.69, 9.17) is 14.9 Å².